The van der Waals surface area contributed by atoms with Gasteiger partial charge >= 0.3 is 5.97 Å². The van der Waals surface area contributed by atoms with Crippen molar-refractivity contribution in [3.63, 3.8) is 0 Å². The van der Waals surface area contributed by atoms with Crippen molar-refractivity contribution in [2.24, 2.45) is 0 Å². The molecule has 17 heavy (non-hydrogen) atoms. The Kier molecular flexibility index (Phi) is 3.81. The second kappa shape index (κ2) is 5.33. The maximum absolute atomic E-state index is 10.8. The smallest absolute Gasteiger partial charge is 0.334 e. The summed E-state index contributed by atoms with van der Waals surface area (Å²) in [7, 11) is 0. The Morgan fingerprint density at radius 2 is 2.29 bits per heavy atom. The van der Waals surface area contributed by atoms with E-state index in [1.54, 1.807) is 0 Å². The fourth-order valence-corrected chi connectivity index (χ4v) is 1.91. The molecule has 1 atom stereocenters. The second-order valence-electron chi connectivity index (χ2n) is 4.15. The molecule has 0 spiro atoms. The number of furan rings is 1. The molecule has 0 saturated carbocycles. The van der Waals surface area contributed by atoms with E-state index >= 15 is 0 Å². The first-order chi connectivity index (χ1) is 8.19. The maximum atomic E-state index is 10.8. The van der Waals surface area contributed by atoms with Crippen molar-refractivity contribution in [3.8, 4) is 0 Å². The predicted molar refractivity (Wildman–Crippen MR) is 60.7 cm³/mol. The van der Waals surface area contributed by atoms with Gasteiger partial charge in [0.2, 0.25) is 0 Å². The monoisotopic (exact) mass is 239 g/mol. The molecular weight excluding hydrogens is 222 g/mol. The number of rotatable bonds is 4. The Hall–Kier alpha value is -1.33. The summed E-state index contributed by atoms with van der Waals surface area (Å²) in [6.45, 7) is 4.30. The second-order valence-corrected chi connectivity index (χ2v) is 4.15. The lowest BCUT2D eigenvalue weighted by molar-refractivity contribution is -0.156. The number of aliphatic carboxylic acids is 1. The number of ether oxygens (including phenoxy) is 1. The number of hydrogen-bond donors (Lipinski definition) is 1. The van der Waals surface area contributed by atoms with Crippen molar-refractivity contribution in [1.29, 1.82) is 0 Å². The third kappa shape index (κ3) is 3.08. The Bertz CT molecular complexity index is 388. The van der Waals surface area contributed by atoms with Gasteiger partial charge in [0, 0.05) is 19.5 Å². The molecule has 1 unspecified atom stereocenters. The quantitative estimate of drug-likeness (QED) is 0.853. The molecule has 1 aromatic rings. The lowest BCUT2D eigenvalue weighted by Gasteiger charge is -2.29. The molecule has 94 valence electrons. The van der Waals surface area contributed by atoms with Crippen LogP contribution in [0.5, 0.6) is 0 Å². The van der Waals surface area contributed by atoms with E-state index in [-0.39, 0.29) is 0 Å². The van der Waals surface area contributed by atoms with Crippen LogP contribution in [-0.4, -0.2) is 41.8 Å². The highest BCUT2D eigenvalue weighted by atomic mass is 16.5. The summed E-state index contributed by atoms with van der Waals surface area (Å²) in [6.07, 6.45) is 0.158. The Morgan fingerprint density at radius 1 is 1.53 bits per heavy atom. The van der Waals surface area contributed by atoms with E-state index in [1.165, 1.54) is 0 Å². The molecule has 1 N–H and O–H groups in total. The highest BCUT2D eigenvalue weighted by Gasteiger charge is 2.26. The summed E-state index contributed by atoms with van der Waals surface area (Å²) in [6, 6.07) is 3.91. The lowest BCUT2D eigenvalue weighted by atomic mass is 10.2. The van der Waals surface area contributed by atoms with Crippen LogP contribution in [0.15, 0.2) is 16.5 Å². The topological polar surface area (TPSA) is 62.9 Å². The number of aryl methyl sites for hydroxylation is 1. The molecule has 0 bridgehead atoms. The van der Waals surface area contributed by atoms with Crippen LogP contribution in [0.25, 0.3) is 0 Å². The highest BCUT2D eigenvalue weighted by Crippen LogP contribution is 2.14. The average Bonchev–Trinajstić information content (AvgIpc) is 2.77. The van der Waals surface area contributed by atoms with Crippen molar-refractivity contribution in [1.82, 2.24) is 4.90 Å². The molecule has 1 aromatic heterocycles. The van der Waals surface area contributed by atoms with Crippen molar-refractivity contribution in [2.45, 2.75) is 26.0 Å². The first-order valence-corrected chi connectivity index (χ1v) is 5.83. The minimum atomic E-state index is -0.900. The molecule has 0 radical (unpaired) electrons. The van der Waals surface area contributed by atoms with Crippen molar-refractivity contribution >= 4 is 5.97 Å². The zero-order chi connectivity index (χ0) is 12.3. The molecule has 5 nitrogen and oxygen atoms in total. The minimum Gasteiger partial charge on any atom is -0.479 e. The summed E-state index contributed by atoms with van der Waals surface area (Å²) in [5.41, 5.74) is 0. The summed E-state index contributed by atoms with van der Waals surface area (Å²) < 4.78 is 10.8. The van der Waals surface area contributed by atoms with Gasteiger partial charge in [-0.05, 0) is 12.1 Å². The van der Waals surface area contributed by atoms with Crippen LogP contribution in [0.4, 0.5) is 0 Å². The SMILES string of the molecule is CCc1ccc(CN2CCOC(C(=O)O)C2)o1. The van der Waals surface area contributed by atoms with Gasteiger partial charge in [0.15, 0.2) is 6.10 Å². The molecule has 2 heterocycles. The minimum absolute atomic E-state index is 0.414. The third-order valence-corrected chi connectivity index (χ3v) is 2.87. The van der Waals surface area contributed by atoms with Crippen molar-refractivity contribution < 1.29 is 19.1 Å². The zero-order valence-electron chi connectivity index (χ0n) is 9.89. The van der Waals surface area contributed by atoms with E-state index < -0.39 is 12.1 Å². The summed E-state index contributed by atoms with van der Waals surface area (Å²) in [5, 5.41) is 8.89. The van der Waals surface area contributed by atoms with Gasteiger partial charge in [-0.25, -0.2) is 4.79 Å². The standard InChI is InChI=1S/C12H17NO4/c1-2-9-3-4-10(17-9)7-13-5-6-16-11(8-13)12(14)15/h3-4,11H,2,5-8H2,1H3,(H,14,15). The van der Waals surface area contributed by atoms with Gasteiger partial charge < -0.3 is 14.3 Å². The van der Waals surface area contributed by atoms with Gasteiger partial charge in [-0.2, -0.15) is 0 Å². The van der Waals surface area contributed by atoms with E-state index in [4.69, 9.17) is 14.3 Å². The third-order valence-electron chi connectivity index (χ3n) is 2.87. The van der Waals surface area contributed by atoms with Crippen LogP contribution < -0.4 is 0 Å². The number of nitrogens with zero attached hydrogens (tertiary/aromatic N) is 1. The Morgan fingerprint density at radius 3 is 2.94 bits per heavy atom. The molecule has 1 aliphatic rings. The molecule has 0 amide bonds. The van der Waals surface area contributed by atoms with E-state index in [1.807, 2.05) is 24.0 Å². The van der Waals surface area contributed by atoms with Gasteiger partial charge in [0.1, 0.15) is 11.5 Å². The number of hydrogen-bond acceptors (Lipinski definition) is 4. The normalized spacial score (nSPS) is 21.6. The number of morpholine rings is 1. The maximum Gasteiger partial charge on any atom is 0.334 e. The van der Waals surface area contributed by atoms with Crippen LogP contribution in [-0.2, 0) is 22.5 Å². The van der Waals surface area contributed by atoms with Crippen LogP contribution in [0.1, 0.15) is 18.4 Å². The molecule has 1 fully saturated rings. The van der Waals surface area contributed by atoms with E-state index in [0.29, 0.717) is 19.7 Å². The molecule has 0 aliphatic carbocycles. The Labute approximate surface area is 100.0 Å². The Balaban J connectivity index is 1.92. The van der Waals surface area contributed by atoms with Crippen molar-refractivity contribution in [3.05, 3.63) is 23.7 Å². The fourth-order valence-electron chi connectivity index (χ4n) is 1.91. The zero-order valence-corrected chi connectivity index (χ0v) is 9.89. The number of carbonyl (C=O) groups is 1. The highest BCUT2D eigenvalue weighted by molar-refractivity contribution is 5.72. The van der Waals surface area contributed by atoms with Crippen molar-refractivity contribution in [2.75, 3.05) is 19.7 Å². The van der Waals surface area contributed by atoms with E-state index in [0.717, 1.165) is 24.5 Å². The molecular formula is C12H17NO4. The van der Waals surface area contributed by atoms with Crippen LogP contribution in [0, 0.1) is 0 Å². The predicted octanol–water partition coefficient (Wildman–Crippen LogP) is 1.13. The van der Waals surface area contributed by atoms with Gasteiger partial charge in [0.05, 0.1) is 13.2 Å². The van der Waals surface area contributed by atoms with Gasteiger partial charge in [-0.3, -0.25) is 4.90 Å². The summed E-state index contributed by atoms with van der Waals surface area (Å²) in [5.74, 6) is 0.944. The molecule has 2 rings (SSSR count). The van der Waals surface area contributed by atoms with Gasteiger partial charge in [0.25, 0.3) is 0 Å². The average molecular weight is 239 g/mol. The first kappa shape index (κ1) is 12.1. The summed E-state index contributed by atoms with van der Waals surface area (Å²) >= 11 is 0. The van der Waals surface area contributed by atoms with Crippen LogP contribution in [0.3, 0.4) is 0 Å². The van der Waals surface area contributed by atoms with Crippen LogP contribution >= 0.6 is 0 Å². The van der Waals surface area contributed by atoms with Gasteiger partial charge in [-0.1, -0.05) is 6.92 Å². The molecule has 1 saturated heterocycles. The molecule has 1 aliphatic heterocycles. The van der Waals surface area contributed by atoms with Crippen LogP contribution in [0.2, 0.25) is 0 Å². The molecule has 0 aromatic carbocycles. The van der Waals surface area contributed by atoms with E-state index in [2.05, 4.69) is 0 Å². The fraction of sp³-hybridized carbons (Fsp3) is 0.583. The number of carboxylic acids is 1. The summed E-state index contributed by atoms with van der Waals surface area (Å²) in [4.78, 5) is 12.9. The number of carboxylic acid groups (broad SMARTS) is 1. The first-order valence-electron chi connectivity index (χ1n) is 5.83. The molecule has 5 heteroatoms. The van der Waals surface area contributed by atoms with Gasteiger partial charge in [-0.15, -0.1) is 0 Å². The largest absolute Gasteiger partial charge is 0.479 e. The lowest BCUT2D eigenvalue weighted by Crippen LogP contribution is -2.45. The van der Waals surface area contributed by atoms with E-state index in [9.17, 15) is 4.79 Å².